The van der Waals surface area contributed by atoms with E-state index < -0.39 is 29.1 Å². The van der Waals surface area contributed by atoms with Crippen LogP contribution in [-0.2, 0) is 9.59 Å². The first kappa shape index (κ1) is 20.0. The highest BCUT2D eigenvalue weighted by Crippen LogP contribution is 2.42. The lowest BCUT2D eigenvalue weighted by atomic mass is 9.99. The van der Waals surface area contributed by atoms with E-state index in [1.165, 1.54) is 0 Å². The molecule has 0 spiro atoms. The van der Waals surface area contributed by atoms with Gasteiger partial charge in [-0.1, -0.05) is 53.7 Å². The molecule has 0 atom stereocenters. The minimum atomic E-state index is -0.843. The molecular weight excluding hydrogens is 404 g/mol. The Kier molecular flexibility index (Phi) is 5.26. The fourth-order valence-corrected chi connectivity index (χ4v) is 4.43. The number of anilines is 1. The van der Waals surface area contributed by atoms with Gasteiger partial charge in [-0.25, -0.2) is 13.7 Å². The van der Waals surface area contributed by atoms with Crippen LogP contribution in [0.4, 0.5) is 14.5 Å². The van der Waals surface area contributed by atoms with Gasteiger partial charge >= 0.3 is 0 Å². The summed E-state index contributed by atoms with van der Waals surface area (Å²) in [5.41, 5.74) is 2.22. The number of imide groups is 1. The lowest BCUT2D eigenvalue weighted by Gasteiger charge is -2.16. The number of halogens is 2. The van der Waals surface area contributed by atoms with Gasteiger partial charge in [0.15, 0.2) is 0 Å². The van der Waals surface area contributed by atoms with E-state index in [4.69, 9.17) is 0 Å². The third-order valence-corrected chi connectivity index (χ3v) is 5.90. The summed E-state index contributed by atoms with van der Waals surface area (Å²) in [7, 11) is 0. The van der Waals surface area contributed by atoms with Crippen LogP contribution >= 0.6 is 11.8 Å². The van der Waals surface area contributed by atoms with E-state index in [0.717, 1.165) is 50.9 Å². The lowest BCUT2D eigenvalue weighted by molar-refractivity contribution is -0.119. The molecule has 3 nitrogen and oxygen atoms in total. The molecule has 2 amide bonds. The Balaban J connectivity index is 1.89. The van der Waals surface area contributed by atoms with Crippen molar-refractivity contribution in [3.63, 3.8) is 0 Å². The van der Waals surface area contributed by atoms with Crippen LogP contribution in [-0.4, -0.2) is 11.8 Å². The average Bonchev–Trinajstić information content (AvgIpc) is 2.95. The molecule has 150 valence electrons. The zero-order chi connectivity index (χ0) is 21.4. The molecule has 0 N–H and O–H groups in total. The van der Waals surface area contributed by atoms with Gasteiger partial charge in [-0.3, -0.25) is 9.59 Å². The fourth-order valence-electron chi connectivity index (χ4n) is 3.42. The highest BCUT2D eigenvalue weighted by atomic mass is 32.2. The summed E-state index contributed by atoms with van der Waals surface area (Å²) in [5.74, 6) is -2.92. The van der Waals surface area contributed by atoms with Crippen molar-refractivity contribution in [1.82, 2.24) is 0 Å². The second kappa shape index (κ2) is 7.88. The highest BCUT2D eigenvalue weighted by molar-refractivity contribution is 8.04. The summed E-state index contributed by atoms with van der Waals surface area (Å²) < 4.78 is 28.2. The van der Waals surface area contributed by atoms with Gasteiger partial charge in [0.2, 0.25) is 0 Å². The zero-order valence-electron chi connectivity index (χ0n) is 16.3. The molecule has 0 saturated carbocycles. The fraction of sp³-hybridized carbons (Fsp3) is 0.0833. The van der Waals surface area contributed by atoms with E-state index in [9.17, 15) is 18.4 Å². The molecule has 1 heterocycles. The summed E-state index contributed by atoms with van der Waals surface area (Å²) >= 11 is 1.14. The number of hydrogen-bond acceptors (Lipinski definition) is 3. The van der Waals surface area contributed by atoms with E-state index in [-0.39, 0.29) is 10.5 Å². The molecule has 0 bridgehead atoms. The van der Waals surface area contributed by atoms with Crippen LogP contribution in [0.1, 0.15) is 16.7 Å². The smallest absolute Gasteiger partial charge is 0.268 e. The second-order valence-electron chi connectivity index (χ2n) is 6.98. The molecule has 0 radical (unpaired) electrons. The molecule has 6 heteroatoms. The van der Waals surface area contributed by atoms with Gasteiger partial charge in [0, 0.05) is 11.0 Å². The number of nitrogens with zero attached hydrogens (tertiary/aromatic N) is 1. The van der Waals surface area contributed by atoms with Crippen molar-refractivity contribution in [2.75, 3.05) is 4.90 Å². The predicted octanol–water partition coefficient (Wildman–Crippen LogP) is 5.66. The Labute approximate surface area is 177 Å². The summed E-state index contributed by atoms with van der Waals surface area (Å²) in [6.45, 7) is 3.78. The number of carbonyl (C=O) groups is 2. The van der Waals surface area contributed by atoms with Crippen LogP contribution in [0.2, 0.25) is 0 Å². The minimum Gasteiger partial charge on any atom is -0.268 e. The maximum atomic E-state index is 14.4. The van der Waals surface area contributed by atoms with Gasteiger partial charge in [-0.15, -0.1) is 0 Å². The molecule has 3 aromatic rings. The van der Waals surface area contributed by atoms with Crippen molar-refractivity contribution < 1.29 is 18.4 Å². The lowest BCUT2D eigenvalue weighted by Crippen LogP contribution is -2.32. The minimum absolute atomic E-state index is 0.182. The molecule has 0 unspecified atom stereocenters. The van der Waals surface area contributed by atoms with Crippen molar-refractivity contribution in [2.45, 2.75) is 18.7 Å². The normalized spacial score (nSPS) is 14.1. The summed E-state index contributed by atoms with van der Waals surface area (Å²) in [4.78, 5) is 28.3. The third kappa shape index (κ3) is 3.55. The van der Waals surface area contributed by atoms with Gasteiger partial charge in [-0.2, -0.15) is 0 Å². The van der Waals surface area contributed by atoms with Gasteiger partial charge in [-0.05, 0) is 49.2 Å². The maximum Gasteiger partial charge on any atom is 0.273 e. The molecule has 3 aromatic carbocycles. The van der Waals surface area contributed by atoms with Crippen LogP contribution in [0.25, 0.3) is 5.57 Å². The largest absolute Gasteiger partial charge is 0.273 e. The summed E-state index contributed by atoms with van der Waals surface area (Å²) in [5, 5.41) is 0. The molecule has 30 heavy (non-hydrogen) atoms. The van der Waals surface area contributed by atoms with E-state index >= 15 is 0 Å². The number of hydrogen-bond donors (Lipinski definition) is 0. The van der Waals surface area contributed by atoms with Crippen molar-refractivity contribution >= 4 is 34.8 Å². The van der Waals surface area contributed by atoms with Crippen LogP contribution in [0.15, 0.2) is 76.5 Å². The molecule has 0 aliphatic carbocycles. The van der Waals surface area contributed by atoms with Crippen LogP contribution in [0.3, 0.4) is 0 Å². The average molecular weight is 421 g/mol. The van der Waals surface area contributed by atoms with Gasteiger partial charge in [0.05, 0.1) is 16.2 Å². The number of aryl methyl sites for hydroxylation is 2. The summed E-state index contributed by atoms with van der Waals surface area (Å²) in [6.07, 6.45) is 0. The Morgan fingerprint density at radius 1 is 0.833 bits per heavy atom. The van der Waals surface area contributed by atoms with E-state index in [1.54, 1.807) is 6.07 Å². The molecule has 1 aliphatic rings. The SMILES string of the molecule is Cc1ccc(C2=C(Sc3ccccc3)C(=O)N(c3cc(F)ccc3F)C2=O)c(C)c1. The number of amides is 2. The van der Waals surface area contributed by atoms with E-state index in [2.05, 4.69) is 0 Å². The monoisotopic (exact) mass is 421 g/mol. The Hall–Kier alpha value is -3.25. The zero-order valence-corrected chi connectivity index (χ0v) is 17.1. The first-order valence-corrected chi connectivity index (χ1v) is 10.1. The van der Waals surface area contributed by atoms with E-state index in [1.807, 2.05) is 56.3 Å². The summed E-state index contributed by atoms with van der Waals surface area (Å²) in [6, 6.07) is 17.4. The number of carbonyl (C=O) groups excluding carboxylic acids is 2. The standard InChI is InChI=1S/C24H17F2NO2S/c1-14-8-10-18(15(2)12-14)21-22(30-17-6-4-3-5-7-17)24(29)27(23(21)28)20-13-16(25)9-11-19(20)26/h3-13H,1-2H3. The second-order valence-corrected chi connectivity index (χ2v) is 8.06. The van der Waals surface area contributed by atoms with Crippen molar-refractivity contribution in [3.05, 3.63) is 100.0 Å². The van der Waals surface area contributed by atoms with Gasteiger partial charge in [0.1, 0.15) is 11.6 Å². The Bertz CT molecular complexity index is 1210. The topological polar surface area (TPSA) is 37.4 Å². The molecular formula is C24H17F2NO2S. The van der Waals surface area contributed by atoms with Gasteiger partial charge in [0.25, 0.3) is 11.8 Å². The van der Waals surface area contributed by atoms with Crippen molar-refractivity contribution in [1.29, 1.82) is 0 Å². The molecule has 0 aromatic heterocycles. The third-order valence-electron chi connectivity index (χ3n) is 4.80. The van der Waals surface area contributed by atoms with E-state index in [0.29, 0.717) is 5.56 Å². The highest BCUT2D eigenvalue weighted by Gasteiger charge is 2.42. The predicted molar refractivity (Wildman–Crippen MR) is 114 cm³/mol. The van der Waals surface area contributed by atoms with Crippen LogP contribution in [0.5, 0.6) is 0 Å². The van der Waals surface area contributed by atoms with Crippen molar-refractivity contribution in [2.24, 2.45) is 0 Å². The Morgan fingerprint density at radius 2 is 1.57 bits per heavy atom. The number of benzene rings is 3. The van der Waals surface area contributed by atoms with Crippen molar-refractivity contribution in [3.8, 4) is 0 Å². The number of thioether (sulfide) groups is 1. The molecule has 4 rings (SSSR count). The molecule has 0 saturated heterocycles. The quantitative estimate of drug-likeness (QED) is 0.510. The van der Waals surface area contributed by atoms with Crippen LogP contribution < -0.4 is 4.90 Å². The number of rotatable bonds is 4. The Morgan fingerprint density at radius 3 is 2.27 bits per heavy atom. The first-order chi connectivity index (χ1) is 14.4. The first-order valence-electron chi connectivity index (χ1n) is 9.25. The molecule has 1 aliphatic heterocycles. The molecule has 0 fully saturated rings. The maximum absolute atomic E-state index is 14.4. The van der Waals surface area contributed by atoms with Gasteiger partial charge < -0.3 is 0 Å². The van der Waals surface area contributed by atoms with Crippen LogP contribution in [0, 0.1) is 25.5 Å².